The Morgan fingerprint density at radius 1 is 0.980 bits per heavy atom. The maximum Gasteiger partial charge on any atom is 0.329 e. The zero-order valence-corrected chi connectivity index (χ0v) is 30.8. The van der Waals surface area contributed by atoms with Crippen LogP contribution in [-0.2, 0) is 41.7 Å². The van der Waals surface area contributed by atoms with Crippen molar-refractivity contribution in [2.24, 2.45) is 0 Å². The fourth-order valence-corrected chi connectivity index (χ4v) is 6.09. The van der Waals surface area contributed by atoms with Crippen molar-refractivity contribution < 1.29 is 33.4 Å². The van der Waals surface area contributed by atoms with Gasteiger partial charge < -0.3 is 29.7 Å². The van der Waals surface area contributed by atoms with Gasteiger partial charge in [0.15, 0.2) is 6.29 Å². The SMILES string of the molecule is CCOC(OCC)[C@H](C)N(Cc1csc2ccccc12)C(=O)[C@H](CC(=O)OC(C)(C)C)NC(=O)CN(C)NC(=O)NCc1ccc(Cl)cc1. The molecule has 2 aromatic carbocycles. The number of carbonyl (C=O) groups is 4. The third kappa shape index (κ3) is 12.9. The molecule has 0 aliphatic rings. The monoisotopic (exact) mass is 717 g/mol. The number of nitrogens with one attached hydrogen (secondary N) is 3. The summed E-state index contributed by atoms with van der Waals surface area (Å²) in [6, 6.07) is 12.5. The van der Waals surface area contributed by atoms with Crippen LogP contribution < -0.4 is 16.1 Å². The van der Waals surface area contributed by atoms with Gasteiger partial charge in [0.25, 0.3) is 0 Å². The number of esters is 1. The van der Waals surface area contributed by atoms with Gasteiger partial charge in [-0.1, -0.05) is 41.9 Å². The van der Waals surface area contributed by atoms with E-state index in [1.54, 1.807) is 61.3 Å². The Labute approximate surface area is 297 Å². The number of thiophene rings is 1. The lowest BCUT2D eigenvalue weighted by Crippen LogP contribution is -2.56. The topological polar surface area (TPSA) is 139 Å². The van der Waals surface area contributed by atoms with Crippen molar-refractivity contribution in [2.45, 2.75) is 85.0 Å². The van der Waals surface area contributed by atoms with Crippen LogP contribution in [0, 0.1) is 0 Å². The van der Waals surface area contributed by atoms with Crippen LogP contribution >= 0.6 is 22.9 Å². The minimum atomic E-state index is -1.29. The molecule has 49 heavy (non-hydrogen) atoms. The number of benzene rings is 2. The number of nitrogens with zero attached hydrogens (tertiary/aromatic N) is 2. The van der Waals surface area contributed by atoms with Crippen molar-refractivity contribution in [2.75, 3.05) is 26.8 Å². The molecular weight excluding hydrogens is 670 g/mol. The first-order valence-corrected chi connectivity index (χ1v) is 17.5. The molecule has 3 rings (SSSR count). The minimum absolute atomic E-state index is 0.177. The number of likely N-dealkylation sites (N-methyl/N-ethyl adjacent to an activating group) is 1. The van der Waals surface area contributed by atoms with E-state index in [2.05, 4.69) is 16.1 Å². The molecular formula is C35H48ClN5O7S. The average Bonchev–Trinajstić information content (AvgIpc) is 3.44. The number of amides is 4. The van der Waals surface area contributed by atoms with E-state index in [9.17, 15) is 19.2 Å². The number of rotatable bonds is 17. The minimum Gasteiger partial charge on any atom is -0.460 e. The highest BCUT2D eigenvalue weighted by molar-refractivity contribution is 7.17. The molecule has 0 saturated heterocycles. The van der Waals surface area contributed by atoms with Crippen LogP contribution in [0.5, 0.6) is 0 Å². The van der Waals surface area contributed by atoms with Crippen molar-refractivity contribution in [3.8, 4) is 0 Å². The van der Waals surface area contributed by atoms with Gasteiger partial charge in [-0.05, 0) is 81.6 Å². The predicted octanol–water partition coefficient (Wildman–Crippen LogP) is 5.23. The number of urea groups is 1. The van der Waals surface area contributed by atoms with Gasteiger partial charge in [-0.15, -0.1) is 11.3 Å². The van der Waals surface area contributed by atoms with E-state index in [1.165, 1.54) is 12.1 Å². The van der Waals surface area contributed by atoms with Crippen LogP contribution in [0.4, 0.5) is 4.79 Å². The summed E-state index contributed by atoms with van der Waals surface area (Å²) in [5, 5.41) is 10.3. The molecule has 0 fully saturated rings. The van der Waals surface area contributed by atoms with Crippen molar-refractivity contribution in [3.05, 3.63) is 70.1 Å². The highest BCUT2D eigenvalue weighted by Gasteiger charge is 2.36. The Morgan fingerprint density at radius 2 is 1.63 bits per heavy atom. The molecule has 14 heteroatoms. The van der Waals surface area contributed by atoms with Crippen molar-refractivity contribution in [1.29, 1.82) is 0 Å². The van der Waals surface area contributed by atoms with Crippen molar-refractivity contribution >= 4 is 56.8 Å². The van der Waals surface area contributed by atoms with Crippen molar-refractivity contribution in [3.63, 3.8) is 0 Å². The van der Waals surface area contributed by atoms with Gasteiger partial charge in [-0.2, -0.15) is 0 Å². The Balaban J connectivity index is 1.82. The largest absolute Gasteiger partial charge is 0.460 e. The highest BCUT2D eigenvalue weighted by Crippen LogP contribution is 2.28. The molecule has 1 aromatic heterocycles. The molecule has 268 valence electrons. The standard InChI is InChI=1S/C35H48ClN5O7S/c1-8-46-33(47-9-2)23(3)41(20-25-22-49-29-13-11-10-12-27(25)29)32(44)28(18-31(43)48-35(4,5)6)38-30(42)21-40(7)39-34(45)37-19-24-14-16-26(36)17-15-24/h10-17,22-23,28,33H,8-9,18-21H2,1-7H3,(H,38,42)(H2,37,39,45)/t23-,28-/m0/s1. The van der Waals surface area contributed by atoms with E-state index in [4.69, 9.17) is 25.8 Å². The second kappa shape index (κ2) is 18.9. The summed E-state index contributed by atoms with van der Waals surface area (Å²) in [6.45, 7) is 11.5. The molecule has 3 aromatic rings. The van der Waals surface area contributed by atoms with Gasteiger partial charge in [0.2, 0.25) is 11.8 Å². The molecule has 3 N–H and O–H groups in total. The molecule has 0 spiro atoms. The summed E-state index contributed by atoms with van der Waals surface area (Å²) >= 11 is 7.49. The van der Waals surface area contributed by atoms with Gasteiger partial charge in [-0.3, -0.25) is 19.8 Å². The van der Waals surface area contributed by atoms with Gasteiger partial charge in [0.05, 0.1) is 19.0 Å². The Bertz CT molecular complexity index is 1540. The van der Waals surface area contributed by atoms with Crippen LogP contribution in [-0.4, -0.2) is 84.5 Å². The molecule has 2 atom stereocenters. The van der Waals surface area contributed by atoms with Crippen LogP contribution in [0.1, 0.15) is 59.1 Å². The summed E-state index contributed by atoms with van der Waals surface area (Å²) in [5.41, 5.74) is 3.51. The molecule has 0 unspecified atom stereocenters. The number of carbonyl (C=O) groups excluding carboxylic acids is 4. The third-order valence-corrected chi connectivity index (χ3v) is 8.46. The fourth-order valence-electron chi connectivity index (χ4n) is 5.01. The first kappa shape index (κ1) is 39.7. The highest BCUT2D eigenvalue weighted by atomic mass is 35.5. The maximum absolute atomic E-state index is 14.5. The lowest BCUT2D eigenvalue weighted by atomic mass is 10.1. The molecule has 0 radical (unpaired) electrons. The summed E-state index contributed by atoms with van der Waals surface area (Å²) in [4.78, 5) is 55.0. The lowest BCUT2D eigenvalue weighted by Gasteiger charge is -2.36. The van der Waals surface area contributed by atoms with Crippen LogP contribution in [0.15, 0.2) is 53.9 Å². The van der Waals surface area contributed by atoms with Gasteiger partial charge in [-0.25, -0.2) is 9.80 Å². The zero-order valence-electron chi connectivity index (χ0n) is 29.2. The number of ether oxygens (including phenoxy) is 3. The van der Waals surface area contributed by atoms with Gasteiger partial charge in [0.1, 0.15) is 11.6 Å². The quantitative estimate of drug-likeness (QED) is 0.0981. The molecule has 0 aliphatic heterocycles. The van der Waals surface area contributed by atoms with E-state index in [0.717, 1.165) is 21.2 Å². The Morgan fingerprint density at radius 3 is 2.27 bits per heavy atom. The van der Waals surface area contributed by atoms with Crippen molar-refractivity contribution in [1.82, 2.24) is 26.0 Å². The Hall–Kier alpha value is -3.75. The number of fused-ring (bicyclic) bond motifs is 1. The van der Waals surface area contributed by atoms with E-state index >= 15 is 0 Å². The van der Waals surface area contributed by atoms with Gasteiger partial charge in [0, 0.05) is 43.1 Å². The number of hydrogen-bond donors (Lipinski definition) is 3. The smallest absolute Gasteiger partial charge is 0.329 e. The summed E-state index contributed by atoms with van der Waals surface area (Å²) < 4.78 is 18.4. The third-order valence-electron chi connectivity index (χ3n) is 7.20. The summed E-state index contributed by atoms with van der Waals surface area (Å²) in [7, 11) is 1.51. The van der Waals surface area contributed by atoms with E-state index in [1.807, 2.05) is 50.4 Å². The first-order chi connectivity index (χ1) is 23.2. The predicted molar refractivity (Wildman–Crippen MR) is 191 cm³/mol. The number of hydrazine groups is 1. The first-order valence-electron chi connectivity index (χ1n) is 16.2. The van der Waals surface area contributed by atoms with Gasteiger partial charge >= 0.3 is 12.0 Å². The zero-order chi connectivity index (χ0) is 36.1. The molecule has 0 bridgehead atoms. The molecule has 0 aliphatic carbocycles. The fraction of sp³-hybridized carbons (Fsp3) is 0.486. The van der Waals surface area contributed by atoms with E-state index < -0.39 is 54.2 Å². The second-order valence-corrected chi connectivity index (χ2v) is 13.8. The number of halogens is 1. The second-order valence-electron chi connectivity index (χ2n) is 12.4. The molecule has 1 heterocycles. The normalized spacial score (nSPS) is 12.9. The lowest BCUT2D eigenvalue weighted by molar-refractivity contribution is -0.180. The number of hydrogen-bond acceptors (Lipinski definition) is 9. The average molecular weight is 718 g/mol. The van der Waals surface area contributed by atoms with E-state index in [-0.39, 0.29) is 19.6 Å². The molecule has 4 amide bonds. The van der Waals surface area contributed by atoms with Crippen LogP contribution in [0.3, 0.4) is 0 Å². The summed E-state index contributed by atoms with van der Waals surface area (Å²) in [6.07, 6.45) is -1.18. The summed E-state index contributed by atoms with van der Waals surface area (Å²) in [5.74, 6) is -1.76. The van der Waals surface area contributed by atoms with Crippen LogP contribution in [0.25, 0.3) is 10.1 Å². The molecule has 0 saturated carbocycles. The Kier molecular flexibility index (Phi) is 15.3. The van der Waals surface area contributed by atoms with E-state index in [0.29, 0.717) is 18.2 Å². The molecule has 12 nitrogen and oxygen atoms in total. The van der Waals surface area contributed by atoms with Crippen LogP contribution in [0.2, 0.25) is 5.02 Å². The maximum atomic E-state index is 14.5.